The van der Waals surface area contributed by atoms with E-state index < -0.39 is 0 Å². The highest BCUT2D eigenvalue weighted by molar-refractivity contribution is 5.86. The average Bonchev–Trinajstić information content (AvgIpc) is 3.94. The van der Waals surface area contributed by atoms with Crippen LogP contribution in [-0.4, -0.2) is 14.1 Å². The van der Waals surface area contributed by atoms with Crippen molar-refractivity contribution >= 4 is 11.0 Å². The Kier molecular flexibility index (Phi) is 11.4. The van der Waals surface area contributed by atoms with E-state index in [2.05, 4.69) is 259 Å². The summed E-state index contributed by atoms with van der Waals surface area (Å²) in [5.41, 5.74) is 15.5. The van der Waals surface area contributed by atoms with Gasteiger partial charge in [0, 0.05) is 18.0 Å². The van der Waals surface area contributed by atoms with Gasteiger partial charge in [-0.15, -0.1) is 0 Å². The summed E-state index contributed by atoms with van der Waals surface area (Å²) in [7, 11) is 0. The molecule has 326 valence electrons. The number of hydrogen-bond acceptors (Lipinski definition) is 2. The number of para-hydroxylation sites is 4. The number of fused-ring (bicyclic) bond motifs is 1. The molecule has 9 aromatic rings. The molecular weight excluding hydrogens is 793 g/mol. The Bertz CT molecular complexity index is 3050. The minimum absolute atomic E-state index is 0.154. The van der Waals surface area contributed by atoms with Gasteiger partial charge < -0.3 is 4.74 Å². The zero-order valence-corrected chi connectivity index (χ0v) is 39.5. The van der Waals surface area contributed by atoms with Crippen molar-refractivity contribution in [2.45, 2.75) is 91.9 Å². The van der Waals surface area contributed by atoms with Crippen LogP contribution in [0.3, 0.4) is 0 Å². The molecule has 2 aromatic heterocycles. The summed E-state index contributed by atoms with van der Waals surface area (Å²) in [5.74, 6) is 3.06. The number of rotatable bonds is 10. The molecule has 7 aromatic carbocycles. The fourth-order valence-corrected chi connectivity index (χ4v) is 8.88. The lowest BCUT2D eigenvalue weighted by molar-refractivity contribution is -0.599. The van der Waals surface area contributed by atoms with Crippen molar-refractivity contribution in [2.75, 3.05) is 0 Å². The minimum atomic E-state index is -0.162. The van der Waals surface area contributed by atoms with Crippen LogP contribution in [0, 0.1) is 6.33 Å². The number of hydrogen-bond donors (Lipinski definition) is 0. The zero-order chi connectivity index (χ0) is 45.6. The Morgan fingerprint density at radius 1 is 0.538 bits per heavy atom. The summed E-state index contributed by atoms with van der Waals surface area (Å²) in [6.07, 6.45) is 7.91. The maximum Gasteiger partial charge on any atom is 0.268 e. The van der Waals surface area contributed by atoms with E-state index in [0.29, 0.717) is 11.8 Å². The smallest absolute Gasteiger partial charge is 0.268 e. The zero-order valence-electron chi connectivity index (χ0n) is 39.5. The van der Waals surface area contributed by atoms with E-state index in [4.69, 9.17) is 9.72 Å². The van der Waals surface area contributed by atoms with Crippen molar-refractivity contribution in [3.05, 3.63) is 199 Å². The number of ether oxygens (including phenoxy) is 1. The molecule has 0 bridgehead atoms. The largest absolute Gasteiger partial charge is 0.458 e. The summed E-state index contributed by atoms with van der Waals surface area (Å²) in [5, 5.41) is 0. The fraction of sp³-hybridized carbons (Fsp3) is 0.233. The van der Waals surface area contributed by atoms with E-state index >= 15 is 0 Å². The Morgan fingerprint density at radius 3 is 1.66 bits per heavy atom. The molecular formula is C60H60N4O. The fourth-order valence-electron chi connectivity index (χ4n) is 8.88. The molecule has 0 aliphatic rings. The molecule has 65 heavy (non-hydrogen) atoms. The molecule has 0 N–H and O–H groups in total. The molecule has 0 radical (unpaired) electrons. The van der Waals surface area contributed by atoms with Crippen LogP contribution in [0.4, 0.5) is 0 Å². The summed E-state index contributed by atoms with van der Waals surface area (Å²) in [6.45, 7) is 22.7. The lowest BCUT2D eigenvalue weighted by Crippen LogP contribution is -2.29. The maximum atomic E-state index is 7.09. The van der Waals surface area contributed by atoms with Crippen LogP contribution < -0.4 is 9.30 Å². The van der Waals surface area contributed by atoms with Crippen molar-refractivity contribution in [3.63, 3.8) is 0 Å². The second kappa shape index (κ2) is 17.2. The molecule has 0 saturated heterocycles. The lowest BCUT2D eigenvalue weighted by Gasteiger charge is -2.24. The van der Waals surface area contributed by atoms with Gasteiger partial charge in [-0.25, -0.2) is 4.98 Å². The van der Waals surface area contributed by atoms with E-state index in [1.165, 1.54) is 22.4 Å². The predicted molar refractivity (Wildman–Crippen MR) is 269 cm³/mol. The van der Waals surface area contributed by atoms with E-state index in [1.54, 1.807) is 0 Å². The van der Waals surface area contributed by atoms with Gasteiger partial charge in [0.1, 0.15) is 17.3 Å². The topological polar surface area (TPSA) is 35.9 Å². The Morgan fingerprint density at radius 2 is 1.08 bits per heavy atom. The summed E-state index contributed by atoms with van der Waals surface area (Å²) < 4.78 is 13.7. The Balaban J connectivity index is 1.18. The van der Waals surface area contributed by atoms with E-state index in [1.807, 2.05) is 0 Å². The maximum absolute atomic E-state index is 7.09. The molecule has 0 spiro atoms. The number of nitrogens with zero attached hydrogens (tertiary/aromatic N) is 4. The second-order valence-electron chi connectivity index (χ2n) is 20.0. The molecule has 0 atom stereocenters. The third-order valence-electron chi connectivity index (χ3n) is 12.5. The molecule has 0 amide bonds. The van der Waals surface area contributed by atoms with E-state index in [0.717, 1.165) is 73.1 Å². The first-order chi connectivity index (χ1) is 31.1. The highest BCUT2D eigenvalue weighted by Gasteiger charge is 2.25. The number of benzene rings is 7. The third-order valence-corrected chi connectivity index (χ3v) is 12.5. The van der Waals surface area contributed by atoms with Gasteiger partial charge in [0.25, 0.3) is 6.33 Å². The highest BCUT2D eigenvalue weighted by atomic mass is 16.5. The first-order valence-corrected chi connectivity index (χ1v) is 23.0. The number of aromatic nitrogens is 4. The van der Waals surface area contributed by atoms with Gasteiger partial charge in [0.2, 0.25) is 0 Å². The minimum Gasteiger partial charge on any atom is -0.458 e. The van der Waals surface area contributed by atoms with Gasteiger partial charge in [-0.05, 0) is 116 Å². The Labute approximate surface area is 385 Å². The van der Waals surface area contributed by atoms with Crippen molar-refractivity contribution in [2.24, 2.45) is 0 Å². The quantitative estimate of drug-likeness (QED) is 0.101. The molecule has 5 heteroatoms. The van der Waals surface area contributed by atoms with Crippen molar-refractivity contribution < 1.29 is 9.30 Å². The van der Waals surface area contributed by atoms with Crippen LogP contribution in [0.1, 0.15) is 103 Å². The van der Waals surface area contributed by atoms with Crippen LogP contribution in [0.25, 0.3) is 61.7 Å². The lowest BCUT2D eigenvalue weighted by atomic mass is 9.85. The van der Waals surface area contributed by atoms with Gasteiger partial charge in [-0.2, -0.15) is 0 Å². The van der Waals surface area contributed by atoms with E-state index in [9.17, 15) is 0 Å². The molecule has 0 unspecified atom stereocenters. The molecule has 9 rings (SSSR count). The normalized spacial score (nSPS) is 12.1. The van der Waals surface area contributed by atoms with Crippen molar-refractivity contribution in [1.29, 1.82) is 0 Å². The molecule has 5 nitrogen and oxygen atoms in total. The first-order valence-electron chi connectivity index (χ1n) is 23.0. The van der Waals surface area contributed by atoms with Crippen molar-refractivity contribution in [1.82, 2.24) is 14.1 Å². The SMILES string of the molecule is CC(C)c1cccc(C(C)C)c1-n1c(-c2cc(Oc3cc(-[n+]4[c-]n(-c5c(-c6ccccc6)cccc5-c5ccccc5)cc4)cc(C(C)(C)C)c3)cc(C(C)(C)C)c2)nc2ccccc21. The van der Waals surface area contributed by atoms with Crippen LogP contribution in [0.15, 0.2) is 170 Å². The predicted octanol–water partition coefficient (Wildman–Crippen LogP) is 15.5. The molecule has 0 aliphatic carbocycles. The van der Waals surface area contributed by atoms with Crippen LogP contribution in [0.2, 0.25) is 0 Å². The monoisotopic (exact) mass is 852 g/mol. The van der Waals surface area contributed by atoms with E-state index in [-0.39, 0.29) is 10.8 Å². The Hall–Kier alpha value is -6.98. The third kappa shape index (κ3) is 8.68. The molecule has 0 fully saturated rings. The van der Waals surface area contributed by atoms with Gasteiger partial charge >= 0.3 is 0 Å². The second-order valence-corrected chi connectivity index (χ2v) is 20.0. The molecule has 2 heterocycles. The van der Waals surface area contributed by atoms with Crippen molar-refractivity contribution in [3.8, 4) is 62.2 Å². The molecule has 0 aliphatic heterocycles. The van der Waals surface area contributed by atoms with Gasteiger partial charge in [0.15, 0.2) is 0 Å². The van der Waals surface area contributed by atoms with Crippen LogP contribution in [0.5, 0.6) is 11.5 Å². The molecule has 0 saturated carbocycles. The van der Waals surface area contributed by atoms with Crippen LogP contribution >= 0.6 is 0 Å². The van der Waals surface area contributed by atoms with Gasteiger partial charge in [0.05, 0.1) is 28.1 Å². The average molecular weight is 853 g/mol. The standard InChI is InChI=1S/C60H60N4O/c1-40(2)50-25-19-26-51(41(3)4)57(50)64-55-30-18-17-29-54(55)61-58(64)44-33-45(59(5,6)7)36-48(34-44)65-49-37-46(60(8,9)10)35-47(38-49)62-31-32-63(39-62)56-52(42-21-13-11-14-22-42)27-20-28-53(56)43-23-15-12-16-24-43/h11-38,40-41H,1-10H3. The highest BCUT2D eigenvalue weighted by Crippen LogP contribution is 2.41. The summed E-state index contributed by atoms with van der Waals surface area (Å²) >= 11 is 0. The van der Waals surface area contributed by atoms with Crippen LogP contribution in [-0.2, 0) is 10.8 Å². The number of imidazole rings is 2. The summed E-state index contributed by atoms with van der Waals surface area (Å²) in [6, 6.07) is 56.2. The van der Waals surface area contributed by atoms with Gasteiger partial charge in [-0.1, -0.05) is 178 Å². The van der Waals surface area contributed by atoms with Gasteiger partial charge in [-0.3, -0.25) is 13.7 Å². The summed E-state index contributed by atoms with van der Waals surface area (Å²) in [4.78, 5) is 5.41. The first kappa shape index (κ1) is 43.3.